The maximum atomic E-state index is 11.0. The van der Waals surface area contributed by atoms with Crippen LogP contribution < -0.4 is 11.1 Å². The highest BCUT2D eigenvalue weighted by atomic mass is 16.6. The van der Waals surface area contributed by atoms with Crippen LogP contribution in [-0.2, 0) is 0 Å². The first kappa shape index (κ1) is 12.3. The second-order valence-electron chi connectivity index (χ2n) is 5.02. The van der Waals surface area contributed by atoms with Crippen molar-refractivity contribution >= 4 is 17.3 Å². The highest BCUT2D eigenvalue weighted by Crippen LogP contribution is 2.45. The van der Waals surface area contributed by atoms with Gasteiger partial charge in [-0.05, 0) is 30.4 Å². The van der Waals surface area contributed by atoms with Crippen molar-refractivity contribution in [3.63, 3.8) is 0 Å². The number of nitro groups is 1. The normalized spacial score (nSPS) is 16.1. The first-order chi connectivity index (χ1) is 8.41. The molecule has 0 radical (unpaired) electrons. The molecule has 18 heavy (non-hydrogen) atoms. The molecule has 1 saturated carbocycles. The molecule has 6 nitrogen and oxygen atoms in total. The van der Waals surface area contributed by atoms with Crippen molar-refractivity contribution in [1.29, 1.82) is 0 Å². The van der Waals surface area contributed by atoms with E-state index < -0.39 is 10.8 Å². The number of carbonyl (C=O) groups excluding carboxylic acids is 1. The molecule has 1 aliphatic carbocycles. The topological polar surface area (TPSA) is 98.3 Å². The van der Waals surface area contributed by atoms with Crippen molar-refractivity contribution < 1.29 is 9.72 Å². The quantitative estimate of drug-likeness (QED) is 0.615. The Morgan fingerprint density at radius 3 is 2.72 bits per heavy atom. The Balaban J connectivity index is 2.22. The predicted octanol–water partition coefficient (Wildman–Crippen LogP) is 1.91. The van der Waals surface area contributed by atoms with Crippen LogP contribution in [-0.4, -0.2) is 17.4 Å². The SMILES string of the molecule is CC1(CNc2ccc(C(N)=O)cc2[N+](=O)[O-])CC1. The van der Waals surface area contributed by atoms with Gasteiger partial charge in [0, 0.05) is 18.2 Å². The molecule has 0 heterocycles. The molecule has 0 atom stereocenters. The Labute approximate surface area is 104 Å². The van der Waals surface area contributed by atoms with E-state index >= 15 is 0 Å². The molecule has 6 heteroatoms. The average molecular weight is 249 g/mol. The lowest BCUT2D eigenvalue weighted by Crippen LogP contribution is -2.14. The van der Waals surface area contributed by atoms with Crippen LogP contribution >= 0.6 is 0 Å². The summed E-state index contributed by atoms with van der Waals surface area (Å²) >= 11 is 0. The summed E-state index contributed by atoms with van der Waals surface area (Å²) in [7, 11) is 0. The highest BCUT2D eigenvalue weighted by molar-refractivity contribution is 5.94. The monoisotopic (exact) mass is 249 g/mol. The van der Waals surface area contributed by atoms with Crippen molar-refractivity contribution in [3.8, 4) is 0 Å². The highest BCUT2D eigenvalue weighted by Gasteiger charge is 2.37. The first-order valence-electron chi connectivity index (χ1n) is 5.73. The van der Waals surface area contributed by atoms with Crippen LogP contribution in [0.3, 0.4) is 0 Å². The molecule has 3 N–H and O–H groups in total. The van der Waals surface area contributed by atoms with E-state index in [2.05, 4.69) is 12.2 Å². The van der Waals surface area contributed by atoms with Crippen molar-refractivity contribution in [2.45, 2.75) is 19.8 Å². The van der Waals surface area contributed by atoms with Crippen molar-refractivity contribution in [3.05, 3.63) is 33.9 Å². The third-order valence-electron chi connectivity index (χ3n) is 3.29. The molecule has 1 amide bonds. The predicted molar refractivity (Wildman–Crippen MR) is 67.4 cm³/mol. The molecule has 0 unspecified atom stereocenters. The Morgan fingerprint density at radius 2 is 2.22 bits per heavy atom. The molecular weight excluding hydrogens is 234 g/mol. The summed E-state index contributed by atoms with van der Waals surface area (Å²) in [4.78, 5) is 21.4. The standard InChI is InChI=1S/C12H15N3O3/c1-12(4-5-12)7-14-9-3-2-8(11(13)16)6-10(9)15(17)18/h2-3,6,14H,4-5,7H2,1H3,(H2,13,16). The third-order valence-corrected chi connectivity index (χ3v) is 3.29. The number of carbonyl (C=O) groups is 1. The fraction of sp³-hybridized carbons (Fsp3) is 0.417. The summed E-state index contributed by atoms with van der Waals surface area (Å²) in [5.74, 6) is -0.668. The minimum absolute atomic E-state index is 0.115. The van der Waals surface area contributed by atoms with Gasteiger partial charge in [0.15, 0.2) is 0 Å². The van der Waals surface area contributed by atoms with E-state index in [-0.39, 0.29) is 16.7 Å². The van der Waals surface area contributed by atoms with E-state index in [1.807, 2.05) is 0 Å². The lowest BCUT2D eigenvalue weighted by atomic mass is 10.1. The third kappa shape index (κ3) is 2.58. The van der Waals surface area contributed by atoms with Gasteiger partial charge in [-0.3, -0.25) is 14.9 Å². The van der Waals surface area contributed by atoms with Gasteiger partial charge in [0.1, 0.15) is 5.69 Å². The van der Waals surface area contributed by atoms with Crippen LogP contribution in [0.4, 0.5) is 11.4 Å². The van der Waals surface area contributed by atoms with E-state index in [1.165, 1.54) is 18.2 Å². The second kappa shape index (κ2) is 4.29. The zero-order valence-corrected chi connectivity index (χ0v) is 10.1. The molecule has 1 aromatic carbocycles. The van der Waals surface area contributed by atoms with Gasteiger partial charge < -0.3 is 11.1 Å². The summed E-state index contributed by atoms with van der Waals surface area (Å²) in [5.41, 5.74) is 5.81. The minimum Gasteiger partial charge on any atom is -0.379 e. The number of benzene rings is 1. The van der Waals surface area contributed by atoms with Crippen molar-refractivity contribution in [1.82, 2.24) is 0 Å². The van der Waals surface area contributed by atoms with E-state index in [4.69, 9.17) is 5.73 Å². The number of primary amides is 1. The Hall–Kier alpha value is -2.11. The zero-order chi connectivity index (χ0) is 13.3. The maximum absolute atomic E-state index is 11.0. The van der Waals surface area contributed by atoms with Gasteiger partial charge >= 0.3 is 0 Å². The number of rotatable bonds is 5. The molecule has 1 fully saturated rings. The van der Waals surface area contributed by atoms with Gasteiger partial charge in [-0.25, -0.2) is 0 Å². The summed E-state index contributed by atoms with van der Waals surface area (Å²) in [6.07, 6.45) is 2.26. The van der Waals surface area contributed by atoms with Crippen LogP contribution in [0.5, 0.6) is 0 Å². The van der Waals surface area contributed by atoms with Gasteiger partial charge in [0.05, 0.1) is 4.92 Å². The summed E-state index contributed by atoms with van der Waals surface area (Å²) in [6.45, 7) is 2.83. The second-order valence-corrected chi connectivity index (χ2v) is 5.02. The van der Waals surface area contributed by atoms with E-state index in [0.717, 1.165) is 12.8 Å². The number of hydrogen-bond donors (Lipinski definition) is 2. The van der Waals surface area contributed by atoms with E-state index in [1.54, 1.807) is 0 Å². The Morgan fingerprint density at radius 1 is 1.56 bits per heavy atom. The van der Waals surface area contributed by atoms with Crippen LogP contribution in [0.1, 0.15) is 30.1 Å². The number of hydrogen-bond acceptors (Lipinski definition) is 4. The van der Waals surface area contributed by atoms with Crippen LogP contribution in [0, 0.1) is 15.5 Å². The number of nitro benzene ring substituents is 1. The fourth-order valence-electron chi connectivity index (χ4n) is 1.68. The molecule has 0 bridgehead atoms. The summed E-state index contributed by atoms with van der Waals surface area (Å²) in [5, 5.41) is 14.0. The molecule has 0 saturated heterocycles. The molecule has 2 rings (SSSR count). The molecule has 0 aromatic heterocycles. The average Bonchev–Trinajstić information content (AvgIpc) is 3.05. The van der Waals surface area contributed by atoms with Gasteiger partial charge in [0.25, 0.3) is 5.69 Å². The molecule has 0 spiro atoms. The largest absolute Gasteiger partial charge is 0.379 e. The minimum atomic E-state index is -0.668. The summed E-state index contributed by atoms with van der Waals surface area (Å²) in [6, 6.07) is 4.23. The van der Waals surface area contributed by atoms with Crippen LogP contribution in [0.2, 0.25) is 0 Å². The van der Waals surface area contributed by atoms with Crippen molar-refractivity contribution in [2.24, 2.45) is 11.1 Å². The first-order valence-corrected chi connectivity index (χ1v) is 5.73. The number of nitrogens with zero attached hydrogens (tertiary/aromatic N) is 1. The molecular formula is C12H15N3O3. The van der Waals surface area contributed by atoms with E-state index in [0.29, 0.717) is 12.2 Å². The Kier molecular flexibility index (Phi) is 2.94. The van der Waals surface area contributed by atoms with Gasteiger partial charge in [-0.1, -0.05) is 6.92 Å². The number of nitrogens with one attached hydrogen (secondary N) is 1. The number of amides is 1. The molecule has 96 valence electrons. The number of anilines is 1. The van der Waals surface area contributed by atoms with Gasteiger partial charge in [-0.15, -0.1) is 0 Å². The van der Waals surface area contributed by atoms with Crippen LogP contribution in [0.15, 0.2) is 18.2 Å². The van der Waals surface area contributed by atoms with Crippen molar-refractivity contribution in [2.75, 3.05) is 11.9 Å². The van der Waals surface area contributed by atoms with Crippen LogP contribution in [0.25, 0.3) is 0 Å². The Bertz CT molecular complexity index is 509. The fourth-order valence-corrected chi connectivity index (χ4v) is 1.68. The summed E-state index contributed by atoms with van der Waals surface area (Å²) < 4.78 is 0. The molecule has 1 aliphatic rings. The van der Waals surface area contributed by atoms with Gasteiger partial charge in [0.2, 0.25) is 5.91 Å². The maximum Gasteiger partial charge on any atom is 0.293 e. The molecule has 0 aliphatic heterocycles. The van der Waals surface area contributed by atoms with E-state index in [9.17, 15) is 14.9 Å². The smallest absolute Gasteiger partial charge is 0.293 e. The lowest BCUT2D eigenvalue weighted by molar-refractivity contribution is -0.384. The van der Waals surface area contributed by atoms with Gasteiger partial charge in [-0.2, -0.15) is 0 Å². The number of nitrogens with two attached hydrogens (primary N) is 1. The zero-order valence-electron chi connectivity index (χ0n) is 10.1. The molecule has 1 aromatic rings. The lowest BCUT2D eigenvalue weighted by Gasteiger charge is -2.11.